The molecule has 0 N–H and O–H groups in total. The fourth-order valence-electron chi connectivity index (χ4n) is 3.67. The summed E-state index contributed by atoms with van der Waals surface area (Å²) in [6.07, 6.45) is 20.9. The topological polar surface area (TPSA) is 52.6 Å². The predicted molar refractivity (Wildman–Crippen MR) is 126 cm³/mol. The van der Waals surface area contributed by atoms with Crippen molar-refractivity contribution in [3.63, 3.8) is 0 Å². The third-order valence-electron chi connectivity index (χ3n) is 5.64. The van der Waals surface area contributed by atoms with Crippen LogP contribution >= 0.6 is 0 Å². The minimum absolute atomic E-state index is 0.0185. The summed E-state index contributed by atoms with van der Waals surface area (Å²) < 4.78 is 10.7. The van der Waals surface area contributed by atoms with Crippen molar-refractivity contribution < 1.29 is 19.1 Å². The second-order valence-electron chi connectivity index (χ2n) is 8.63. The number of rotatable bonds is 22. The summed E-state index contributed by atoms with van der Waals surface area (Å²) in [5.41, 5.74) is 0. The molecule has 0 fully saturated rings. The third kappa shape index (κ3) is 20.2. The van der Waals surface area contributed by atoms with Gasteiger partial charge in [-0.2, -0.15) is 0 Å². The minimum Gasteiger partial charge on any atom is -0.466 e. The second kappa shape index (κ2) is 22.6. The van der Waals surface area contributed by atoms with Gasteiger partial charge in [0.15, 0.2) is 0 Å². The van der Waals surface area contributed by atoms with Crippen molar-refractivity contribution in [2.24, 2.45) is 0 Å². The van der Waals surface area contributed by atoms with Crippen LogP contribution in [0, 0.1) is 0 Å². The molecule has 0 bridgehead atoms. The van der Waals surface area contributed by atoms with Crippen molar-refractivity contribution in [3.8, 4) is 0 Å². The predicted octanol–water partition coefficient (Wildman–Crippen LogP) is 7.91. The van der Waals surface area contributed by atoms with E-state index in [0.717, 1.165) is 32.1 Å². The standard InChI is InChI=1S/C26H50O4/c1-4-7-8-9-10-11-12-13-14-15-16-17-18-23-29-25(27)21-19-22-26(28)30-24(6-3)20-5-2/h24H,4-23H2,1-3H3. The summed E-state index contributed by atoms with van der Waals surface area (Å²) in [5.74, 6) is -0.387. The van der Waals surface area contributed by atoms with E-state index in [0.29, 0.717) is 25.9 Å². The Morgan fingerprint density at radius 3 is 1.60 bits per heavy atom. The molecule has 0 spiro atoms. The van der Waals surface area contributed by atoms with Crippen LogP contribution in [0.3, 0.4) is 0 Å². The van der Waals surface area contributed by atoms with Crippen LogP contribution in [0.5, 0.6) is 0 Å². The molecule has 0 rings (SSSR count). The molecule has 178 valence electrons. The summed E-state index contributed by atoms with van der Waals surface area (Å²) in [7, 11) is 0. The lowest BCUT2D eigenvalue weighted by atomic mass is 10.0. The highest BCUT2D eigenvalue weighted by Gasteiger charge is 2.12. The van der Waals surface area contributed by atoms with Gasteiger partial charge < -0.3 is 9.47 Å². The number of carbonyl (C=O) groups excluding carboxylic acids is 2. The van der Waals surface area contributed by atoms with E-state index in [1.54, 1.807) is 0 Å². The molecule has 0 aliphatic heterocycles. The number of hydrogen-bond donors (Lipinski definition) is 0. The first-order chi connectivity index (χ1) is 14.6. The molecular weight excluding hydrogens is 376 g/mol. The van der Waals surface area contributed by atoms with Crippen LogP contribution < -0.4 is 0 Å². The van der Waals surface area contributed by atoms with Gasteiger partial charge in [-0.15, -0.1) is 0 Å². The summed E-state index contributed by atoms with van der Waals surface area (Å²) in [4.78, 5) is 23.5. The van der Waals surface area contributed by atoms with Crippen LogP contribution in [-0.2, 0) is 19.1 Å². The van der Waals surface area contributed by atoms with Crippen molar-refractivity contribution in [2.75, 3.05) is 6.61 Å². The largest absolute Gasteiger partial charge is 0.466 e. The van der Waals surface area contributed by atoms with E-state index in [1.165, 1.54) is 70.6 Å². The Morgan fingerprint density at radius 2 is 1.10 bits per heavy atom. The average Bonchev–Trinajstić information content (AvgIpc) is 2.73. The molecule has 0 aromatic rings. The molecule has 0 saturated carbocycles. The van der Waals surface area contributed by atoms with Crippen LogP contribution in [0.25, 0.3) is 0 Å². The Balaban J connectivity index is 3.37. The van der Waals surface area contributed by atoms with Gasteiger partial charge in [-0.25, -0.2) is 0 Å². The first kappa shape index (κ1) is 28.9. The Kier molecular flexibility index (Phi) is 21.8. The molecule has 4 heteroatoms. The molecule has 1 unspecified atom stereocenters. The maximum atomic E-state index is 11.8. The van der Waals surface area contributed by atoms with Gasteiger partial charge in [0, 0.05) is 12.8 Å². The fourth-order valence-corrected chi connectivity index (χ4v) is 3.67. The molecule has 0 saturated heterocycles. The molecule has 1 atom stereocenters. The lowest BCUT2D eigenvalue weighted by Gasteiger charge is -2.15. The molecule has 0 aliphatic rings. The monoisotopic (exact) mass is 426 g/mol. The quantitative estimate of drug-likeness (QED) is 0.130. The Bertz CT molecular complexity index is 394. The summed E-state index contributed by atoms with van der Waals surface area (Å²) in [6.45, 7) is 6.89. The van der Waals surface area contributed by atoms with Crippen LogP contribution in [0.1, 0.15) is 143 Å². The van der Waals surface area contributed by atoms with Gasteiger partial charge in [0.05, 0.1) is 6.61 Å². The van der Waals surface area contributed by atoms with E-state index in [4.69, 9.17) is 9.47 Å². The number of hydrogen-bond acceptors (Lipinski definition) is 4. The highest BCUT2D eigenvalue weighted by molar-refractivity contribution is 5.72. The molecular formula is C26H50O4. The van der Waals surface area contributed by atoms with Crippen molar-refractivity contribution in [1.82, 2.24) is 0 Å². The number of unbranched alkanes of at least 4 members (excludes halogenated alkanes) is 12. The maximum Gasteiger partial charge on any atom is 0.306 e. The van der Waals surface area contributed by atoms with Gasteiger partial charge in [-0.1, -0.05) is 104 Å². The van der Waals surface area contributed by atoms with E-state index in [9.17, 15) is 9.59 Å². The molecule has 0 radical (unpaired) electrons. The van der Waals surface area contributed by atoms with Gasteiger partial charge >= 0.3 is 11.9 Å². The average molecular weight is 427 g/mol. The van der Waals surface area contributed by atoms with Crippen molar-refractivity contribution >= 4 is 11.9 Å². The van der Waals surface area contributed by atoms with Gasteiger partial charge in [-0.3, -0.25) is 9.59 Å². The van der Waals surface area contributed by atoms with Crippen LogP contribution in [0.15, 0.2) is 0 Å². The Hall–Kier alpha value is -1.06. The maximum absolute atomic E-state index is 11.8. The van der Waals surface area contributed by atoms with Gasteiger partial charge in [0.25, 0.3) is 0 Å². The first-order valence-electron chi connectivity index (χ1n) is 13.0. The number of carbonyl (C=O) groups is 2. The van der Waals surface area contributed by atoms with E-state index in [1.807, 2.05) is 6.92 Å². The van der Waals surface area contributed by atoms with Gasteiger partial charge in [0.1, 0.15) is 6.10 Å². The zero-order valence-electron chi connectivity index (χ0n) is 20.4. The lowest BCUT2D eigenvalue weighted by Crippen LogP contribution is -2.17. The van der Waals surface area contributed by atoms with Gasteiger partial charge in [0.2, 0.25) is 0 Å². The zero-order chi connectivity index (χ0) is 22.3. The fraction of sp³-hybridized carbons (Fsp3) is 0.923. The molecule has 0 aliphatic carbocycles. The first-order valence-corrected chi connectivity index (χ1v) is 13.0. The Labute approximate surface area is 186 Å². The molecule has 0 amide bonds. The highest BCUT2D eigenvalue weighted by atomic mass is 16.5. The minimum atomic E-state index is -0.195. The number of esters is 2. The number of ether oxygens (including phenoxy) is 2. The SMILES string of the molecule is CCCCCCCCCCCCCCCOC(=O)CCCC(=O)OC(CC)CCC. The van der Waals surface area contributed by atoms with E-state index in [-0.39, 0.29) is 18.0 Å². The third-order valence-corrected chi connectivity index (χ3v) is 5.64. The summed E-state index contributed by atoms with van der Waals surface area (Å²) in [5, 5.41) is 0. The zero-order valence-corrected chi connectivity index (χ0v) is 20.4. The second-order valence-corrected chi connectivity index (χ2v) is 8.63. The summed E-state index contributed by atoms with van der Waals surface area (Å²) >= 11 is 0. The van der Waals surface area contributed by atoms with Crippen LogP contribution in [0.2, 0.25) is 0 Å². The molecule has 4 nitrogen and oxygen atoms in total. The smallest absolute Gasteiger partial charge is 0.306 e. The van der Waals surface area contributed by atoms with Crippen molar-refractivity contribution in [1.29, 1.82) is 0 Å². The Morgan fingerprint density at radius 1 is 0.600 bits per heavy atom. The normalized spacial score (nSPS) is 12.0. The molecule has 0 aromatic heterocycles. The highest BCUT2D eigenvalue weighted by Crippen LogP contribution is 2.13. The van der Waals surface area contributed by atoms with Crippen molar-refractivity contribution in [2.45, 2.75) is 149 Å². The van der Waals surface area contributed by atoms with E-state index < -0.39 is 0 Å². The lowest BCUT2D eigenvalue weighted by molar-refractivity contribution is -0.150. The van der Waals surface area contributed by atoms with E-state index in [2.05, 4.69) is 13.8 Å². The van der Waals surface area contributed by atoms with Crippen molar-refractivity contribution in [3.05, 3.63) is 0 Å². The van der Waals surface area contributed by atoms with Gasteiger partial charge in [-0.05, 0) is 25.7 Å². The van der Waals surface area contributed by atoms with Crippen LogP contribution in [0.4, 0.5) is 0 Å². The summed E-state index contributed by atoms with van der Waals surface area (Å²) in [6, 6.07) is 0. The molecule has 0 aromatic carbocycles. The van der Waals surface area contributed by atoms with E-state index >= 15 is 0 Å². The van der Waals surface area contributed by atoms with Crippen LogP contribution in [-0.4, -0.2) is 24.6 Å². The molecule has 30 heavy (non-hydrogen) atoms. The molecule has 0 heterocycles.